The maximum Gasteiger partial charge on any atom is 0.243 e. The molecule has 7 heteroatoms. The summed E-state index contributed by atoms with van der Waals surface area (Å²) < 4.78 is 0. The van der Waals surface area contributed by atoms with Crippen molar-refractivity contribution >= 4 is 41.5 Å². The molecule has 1 aromatic carbocycles. The Morgan fingerprint density at radius 3 is 2.32 bits per heavy atom. The molecule has 1 aromatic rings. The van der Waals surface area contributed by atoms with E-state index in [2.05, 4.69) is 10.6 Å². The van der Waals surface area contributed by atoms with E-state index in [0.29, 0.717) is 22.5 Å². The van der Waals surface area contributed by atoms with Gasteiger partial charge in [0.1, 0.15) is 0 Å². The van der Waals surface area contributed by atoms with Gasteiger partial charge in [-0.05, 0) is 61.8 Å². The van der Waals surface area contributed by atoms with Crippen LogP contribution in [0.15, 0.2) is 24.3 Å². The predicted molar refractivity (Wildman–Crippen MR) is 102 cm³/mol. The normalized spacial score (nSPS) is 27.8. The van der Waals surface area contributed by atoms with Gasteiger partial charge in [0.15, 0.2) is 0 Å². The number of anilines is 1. The van der Waals surface area contributed by atoms with Crippen molar-refractivity contribution in [2.45, 2.75) is 38.1 Å². The van der Waals surface area contributed by atoms with Crippen LogP contribution in [-0.4, -0.2) is 24.4 Å². The van der Waals surface area contributed by atoms with Crippen molar-refractivity contribution in [1.29, 1.82) is 0 Å². The lowest BCUT2D eigenvalue weighted by Gasteiger charge is -2.43. The fourth-order valence-corrected chi connectivity index (χ4v) is 4.18. The molecule has 138 valence electrons. The van der Waals surface area contributed by atoms with Crippen LogP contribution in [0.5, 0.6) is 0 Å². The number of rotatable bonds is 4. The number of halogens is 2. The minimum Gasteiger partial charge on any atom is -0.347 e. The van der Waals surface area contributed by atoms with Crippen LogP contribution in [-0.2, 0) is 9.59 Å². The van der Waals surface area contributed by atoms with E-state index in [9.17, 15) is 9.59 Å². The van der Waals surface area contributed by atoms with Crippen LogP contribution in [0.1, 0.15) is 32.1 Å². The van der Waals surface area contributed by atoms with Gasteiger partial charge in [0.2, 0.25) is 11.8 Å². The quantitative estimate of drug-likeness (QED) is 0.744. The van der Waals surface area contributed by atoms with Crippen molar-refractivity contribution in [3.05, 3.63) is 29.3 Å². The van der Waals surface area contributed by atoms with E-state index in [1.165, 1.54) is 6.42 Å². The van der Waals surface area contributed by atoms with Gasteiger partial charge in [0.25, 0.3) is 0 Å². The Hall–Kier alpha value is -1.30. The standard InChI is InChI=1S/C18H24ClN3O2.ClH/c19-14-4-6-15(7-5-14)22-16(23)10-21-18(24)13-8-11-2-1-3-12(9-13)17(11)20;/h4-7,11-13,17H,1-3,8-10,20H2,(H,21,24)(H,22,23);1H. The molecular weight excluding hydrogens is 361 g/mol. The summed E-state index contributed by atoms with van der Waals surface area (Å²) in [5, 5.41) is 6.13. The molecule has 2 saturated carbocycles. The van der Waals surface area contributed by atoms with Gasteiger partial charge in [0, 0.05) is 22.7 Å². The molecule has 4 N–H and O–H groups in total. The van der Waals surface area contributed by atoms with Crippen molar-refractivity contribution < 1.29 is 9.59 Å². The Balaban J connectivity index is 0.00000225. The smallest absolute Gasteiger partial charge is 0.243 e. The van der Waals surface area contributed by atoms with Gasteiger partial charge in [0.05, 0.1) is 6.54 Å². The zero-order valence-corrected chi connectivity index (χ0v) is 15.6. The maximum absolute atomic E-state index is 12.4. The summed E-state index contributed by atoms with van der Waals surface area (Å²) in [6.45, 7) is -0.0145. The molecule has 2 aliphatic carbocycles. The number of carbonyl (C=O) groups is 2. The molecule has 2 bridgehead atoms. The lowest BCUT2D eigenvalue weighted by atomic mass is 9.65. The largest absolute Gasteiger partial charge is 0.347 e. The van der Waals surface area contributed by atoms with Crippen LogP contribution in [0.2, 0.25) is 5.02 Å². The Kier molecular flexibility index (Phi) is 7.11. The molecule has 0 heterocycles. The second kappa shape index (κ2) is 8.88. The first-order valence-corrected chi connectivity index (χ1v) is 8.99. The first-order valence-electron chi connectivity index (χ1n) is 8.61. The number of carbonyl (C=O) groups excluding carboxylic acids is 2. The predicted octanol–water partition coefficient (Wildman–Crippen LogP) is 2.97. The van der Waals surface area contributed by atoms with Crippen molar-refractivity contribution in [2.75, 3.05) is 11.9 Å². The van der Waals surface area contributed by atoms with Crippen LogP contribution < -0.4 is 16.4 Å². The molecular formula is C18H25Cl2N3O2. The first kappa shape index (κ1) is 20.0. The number of hydrogen-bond acceptors (Lipinski definition) is 3. The molecule has 5 nitrogen and oxygen atoms in total. The van der Waals surface area contributed by atoms with Gasteiger partial charge < -0.3 is 16.4 Å². The lowest BCUT2D eigenvalue weighted by Crippen LogP contribution is -2.49. The van der Waals surface area contributed by atoms with Gasteiger partial charge in [-0.25, -0.2) is 0 Å². The Morgan fingerprint density at radius 1 is 1.12 bits per heavy atom. The van der Waals surface area contributed by atoms with Gasteiger partial charge in [-0.3, -0.25) is 9.59 Å². The van der Waals surface area contributed by atoms with Crippen molar-refractivity contribution in [2.24, 2.45) is 23.5 Å². The molecule has 0 aromatic heterocycles. The Morgan fingerprint density at radius 2 is 1.72 bits per heavy atom. The minimum atomic E-state index is -0.238. The molecule has 2 unspecified atom stereocenters. The summed E-state index contributed by atoms with van der Waals surface area (Å²) in [7, 11) is 0. The van der Waals surface area contributed by atoms with E-state index < -0.39 is 0 Å². The topological polar surface area (TPSA) is 84.2 Å². The first-order chi connectivity index (χ1) is 11.5. The number of amides is 2. The van der Waals surface area contributed by atoms with Crippen LogP contribution in [0.25, 0.3) is 0 Å². The van der Waals surface area contributed by atoms with Crippen LogP contribution in [0, 0.1) is 17.8 Å². The van der Waals surface area contributed by atoms with Crippen LogP contribution >= 0.6 is 24.0 Å². The van der Waals surface area contributed by atoms with Crippen molar-refractivity contribution in [3.63, 3.8) is 0 Å². The summed E-state index contributed by atoms with van der Waals surface area (Å²) in [4.78, 5) is 24.3. The van der Waals surface area contributed by atoms with Crippen LogP contribution in [0.3, 0.4) is 0 Å². The maximum atomic E-state index is 12.4. The summed E-state index contributed by atoms with van der Waals surface area (Å²) in [6.07, 6.45) is 5.17. The van der Waals surface area contributed by atoms with Crippen LogP contribution in [0.4, 0.5) is 5.69 Å². The summed E-state index contributed by atoms with van der Waals surface area (Å²) in [5.74, 6) is 0.638. The van der Waals surface area contributed by atoms with E-state index >= 15 is 0 Å². The van der Waals surface area contributed by atoms with E-state index in [-0.39, 0.29) is 42.7 Å². The fraction of sp³-hybridized carbons (Fsp3) is 0.556. The molecule has 2 fully saturated rings. The average molecular weight is 386 g/mol. The summed E-state index contributed by atoms with van der Waals surface area (Å²) in [6, 6.07) is 7.12. The number of fused-ring (bicyclic) bond motifs is 2. The summed E-state index contributed by atoms with van der Waals surface area (Å²) in [5.41, 5.74) is 6.92. The van der Waals surface area contributed by atoms with Crippen molar-refractivity contribution in [3.8, 4) is 0 Å². The molecule has 2 atom stereocenters. The highest BCUT2D eigenvalue weighted by Gasteiger charge is 2.40. The second-order valence-electron chi connectivity index (χ2n) is 6.97. The van der Waals surface area contributed by atoms with Gasteiger partial charge in [-0.1, -0.05) is 18.0 Å². The van der Waals surface area contributed by atoms with Gasteiger partial charge >= 0.3 is 0 Å². The lowest BCUT2D eigenvalue weighted by molar-refractivity contribution is -0.129. The van der Waals surface area contributed by atoms with E-state index in [4.69, 9.17) is 17.3 Å². The molecule has 2 aliphatic rings. The van der Waals surface area contributed by atoms with E-state index in [1.54, 1.807) is 24.3 Å². The highest BCUT2D eigenvalue weighted by molar-refractivity contribution is 6.30. The molecule has 0 spiro atoms. The number of hydrogen-bond donors (Lipinski definition) is 3. The number of nitrogens with one attached hydrogen (secondary N) is 2. The van der Waals surface area contributed by atoms with E-state index in [0.717, 1.165) is 25.7 Å². The molecule has 2 amide bonds. The van der Waals surface area contributed by atoms with E-state index in [1.807, 2.05) is 0 Å². The van der Waals surface area contributed by atoms with Crippen molar-refractivity contribution in [1.82, 2.24) is 5.32 Å². The average Bonchev–Trinajstić information content (AvgIpc) is 2.54. The Bertz CT molecular complexity index is 595. The monoisotopic (exact) mass is 385 g/mol. The molecule has 0 radical (unpaired) electrons. The van der Waals surface area contributed by atoms with Gasteiger partial charge in [-0.15, -0.1) is 12.4 Å². The highest BCUT2D eigenvalue weighted by Crippen LogP contribution is 2.41. The van der Waals surface area contributed by atoms with Gasteiger partial charge in [-0.2, -0.15) is 0 Å². The molecule has 3 rings (SSSR count). The Labute approximate surface area is 159 Å². The second-order valence-corrected chi connectivity index (χ2v) is 7.41. The molecule has 0 aliphatic heterocycles. The zero-order chi connectivity index (χ0) is 17.1. The molecule has 25 heavy (non-hydrogen) atoms. The fourth-order valence-electron chi connectivity index (χ4n) is 4.05. The SMILES string of the molecule is Cl.NC1C2CCCC1CC(C(=O)NCC(=O)Nc1ccc(Cl)cc1)C2. The summed E-state index contributed by atoms with van der Waals surface area (Å²) >= 11 is 5.81. The minimum absolute atomic E-state index is 0. The third-order valence-corrected chi connectivity index (χ3v) is 5.59. The highest BCUT2D eigenvalue weighted by atomic mass is 35.5. The molecule has 0 saturated heterocycles. The zero-order valence-electron chi connectivity index (χ0n) is 14.0. The third kappa shape index (κ3) is 5.09. The number of benzene rings is 1. The third-order valence-electron chi connectivity index (χ3n) is 5.33. The number of nitrogens with two attached hydrogens (primary N) is 1.